The Balaban J connectivity index is 1.84. The summed E-state index contributed by atoms with van der Waals surface area (Å²) in [5.74, 6) is -0.0987. The molecule has 0 spiro atoms. The number of nitrogens with zero attached hydrogens (tertiary/aromatic N) is 1. The van der Waals surface area contributed by atoms with Gasteiger partial charge in [-0.1, -0.05) is 6.42 Å². The van der Waals surface area contributed by atoms with Gasteiger partial charge >= 0.3 is 5.97 Å². The summed E-state index contributed by atoms with van der Waals surface area (Å²) < 4.78 is 26.6. The minimum atomic E-state index is -3.50. The lowest BCUT2D eigenvalue weighted by Gasteiger charge is -2.15. The lowest BCUT2D eigenvalue weighted by atomic mass is 10.0. The van der Waals surface area contributed by atoms with E-state index in [0.717, 1.165) is 24.2 Å². The fourth-order valence-corrected chi connectivity index (χ4v) is 5.94. The van der Waals surface area contributed by atoms with Crippen LogP contribution in [-0.4, -0.2) is 36.9 Å². The number of carbonyl (C=O) groups is 1. The van der Waals surface area contributed by atoms with Gasteiger partial charge in [0, 0.05) is 18.5 Å². The third-order valence-corrected chi connectivity index (χ3v) is 7.36. The summed E-state index contributed by atoms with van der Waals surface area (Å²) in [6, 6.07) is 1.26. The average Bonchev–Trinajstić information content (AvgIpc) is 3.04. The number of carboxylic acid groups (broad SMARTS) is 1. The zero-order valence-corrected chi connectivity index (χ0v) is 11.9. The number of hydrogen-bond acceptors (Lipinski definition) is 4. The minimum absolute atomic E-state index is 0.0444. The Bertz CT molecular complexity index is 595. The predicted octanol–water partition coefficient (Wildman–Crippen LogP) is 1.87. The summed E-state index contributed by atoms with van der Waals surface area (Å²) in [7, 11) is -3.50. The maximum absolute atomic E-state index is 12.4. The highest BCUT2D eigenvalue weighted by molar-refractivity contribution is 7.91. The van der Waals surface area contributed by atoms with Crippen LogP contribution in [0.4, 0.5) is 0 Å². The van der Waals surface area contributed by atoms with Crippen molar-refractivity contribution >= 4 is 27.3 Å². The number of carboxylic acids is 1. The Morgan fingerprint density at radius 3 is 2.47 bits per heavy atom. The van der Waals surface area contributed by atoms with Crippen LogP contribution in [0.1, 0.15) is 29.6 Å². The van der Waals surface area contributed by atoms with Gasteiger partial charge in [0.05, 0.1) is 5.56 Å². The third-order valence-electron chi connectivity index (χ3n) is 4.11. The Hall–Kier alpha value is -0.920. The van der Waals surface area contributed by atoms with Crippen LogP contribution in [0.25, 0.3) is 0 Å². The van der Waals surface area contributed by atoms with Crippen LogP contribution in [0.5, 0.6) is 0 Å². The van der Waals surface area contributed by atoms with Crippen molar-refractivity contribution in [2.24, 2.45) is 11.8 Å². The van der Waals surface area contributed by atoms with Gasteiger partial charge in [-0.15, -0.1) is 11.3 Å². The monoisotopic (exact) mass is 301 g/mol. The number of rotatable bonds is 3. The van der Waals surface area contributed by atoms with Crippen LogP contribution in [-0.2, 0) is 10.0 Å². The van der Waals surface area contributed by atoms with Gasteiger partial charge in [0.25, 0.3) is 10.0 Å². The van der Waals surface area contributed by atoms with E-state index in [2.05, 4.69) is 0 Å². The molecule has 2 atom stereocenters. The lowest BCUT2D eigenvalue weighted by molar-refractivity contribution is 0.0697. The number of hydrogen-bond donors (Lipinski definition) is 1. The maximum Gasteiger partial charge on any atom is 0.336 e. The minimum Gasteiger partial charge on any atom is -0.478 e. The normalized spacial score (nSPS) is 27.6. The summed E-state index contributed by atoms with van der Waals surface area (Å²) in [6.07, 6.45) is 3.42. The molecule has 0 radical (unpaired) electrons. The van der Waals surface area contributed by atoms with E-state index in [1.165, 1.54) is 22.2 Å². The van der Waals surface area contributed by atoms with Crippen LogP contribution >= 0.6 is 11.3 Å². The first kappa shape index (κ1) is 13.1. The van der Waals surface area contributed by atoms with Gasteiger partial charge in [-0.3, -0.25) is 0 Å². The number of fused-ring (bicyclic) bond motifs is 1. The van der Waals surface area contributed by atoms with Crippen molar-refractivity contribution in [2.75, 3.05) is 13.1 Å². The molecule has 0 aromatic carbocycles. The average molecular weight is 301 g/mol. The van der Waals surface area contributed by atoms with Gasteiger partial charge in [0.2, 0.25) is 0 Å². The van der Waals surface area contributed by atoms with E-state index in [1.54, 1.807) is 0 Å². The highest BCUT2D eigenvalue weighted by Gasteiger charge is 2.41. The molecular formula is C12H15NO4S2. The molecule has 1 N–H and O–H groups in total. The van der Waals surface area contributed by atoms with Gasteiger partial charge in [0.15, 0.2) is 0 Å². The molecule has 2 unspecified atom stereocenters. The Morgan fingerprint density at radius 2 is 1.95 bits per heavy atom. The first-order chi connectivity index (χ1) is 8.98. The molecule has 0 bridgehead atoms. The first-order valence-electron chi connectivity index (χ1n) is 6.30. The van der Waals surface area contributed by atoms with E-state index in [1.807, 2.05) is 0 Å². The number of thiophene rings is 1. The summed E-state index contributed by atoms with van der Waals surface area (Å²) in [6.45, 7) is 1.18. The van der Waals surface area contributed by atoms with Crippen molar-refractivity contribution in [1.82, 2.24) is 4.31 Å². The molecule has 1 aromatic heterocycles. The van der Waals surface area contributed by atoms with E-state index in [0.29, 0.717) is 24.9 Å². The molecular weight excluding hydrogens is 286 g/mol. The highest BCUT2D eigenvalue weighted by Crippen LogP contribution is 2.40. The highest BCUT2D eigenvalue weighted by atomic mass is 32.2. The third kappa shape index (κ3) is 2.19. The van der Waals surface area contributed by atoms with Crippen molar-refractivity contribution in [3.63, 3.8) is 0 Å². The second-order valence-corrected chi connectivity index (χ2v) is 8.31. The first-order valence-corrected chi connectivity index (χ1v) is 8.62. The van der Waals surface area contributed by atoms with Gasteiger partial charge in [-0.05, 0) is 30.7 Å². The summed E-state index contributed by atoms with van der Waals surface area (Å²) in [5, 5.41) is 10.2. The summed E-state index contributed by atoms with van der Waals surface area (Å²) >= 11 is 0.989. The van der Waals surface area contributed by atoms with Gasteiger partial charge in [-0.25, -0.2) is 13.2 Å². The largest absolute Gasteiger partial charge is 0.478 e. The fourth-order valence-electron chi connectivity index (χ4n) is 3.08. The standard InChI is InChI=1S/C12H15NO4S2/c14-12(15)10-4-11(18-7-10)19(16,17)13-5-8-2-1-3-9(8)6-13/h4,7-9H,1-3,5-6H2,(H,14,15). The summed E-state index contributed by atoms with van der Waals surface area (Å²) in [4.78, 5) is 10.8. The molecule has 1 saturated heterocycles. The molecule has 1 aliphatic carbocycles. The Morgan fingerprint density at radius 1 is 1.32 bits per heavy atom. The molecule has 1 aromatic rings. The molecule has 0 amide bonds. The lowest BCUT2D eigenvalue weighted by Crippen LogP contribution is -2.29. The zero-order chi connectivity index (χ0) is 13.6. The topological polar surface area (TPSA) is 74.7 Å². The molecule has 2 fully saturated rings. The van der Waals surface area contributed by atoms with E-state index in [9.17, 15) is 13.2 Å². The molecule has 1 saturated carbocycles. The quantitative estimate of drug-likeness (QED) is 0.925. The fraction of sp³-hybridized carbons (Fsp3) is 0.583. The predicted molar refractivity (Wildman–Crippen MR) is 70.9 cm³/mol. The van der Waals surface area contributed by atoms with Crippen molar-refractivity contribution in [2.45, 2.75) is 23.5 Å². The van der Waals surface area contributed by atoms with Crippen LogP contribution < -0.4 is 0 Å². The van der Waals surface area contributed by atoms with Gasteiger partial charge in [-0.2, -0.15) is 4.31 Å². The van der Waals surface area contributed by atoms with E-state index in [-0.39, 0.29) is 9.77 Å². The number of aromatic carboxylic acids is 1. The maximum atomic E-state index is 12.4. The second-order valence-electron chi connectivity index (χ2n) is 5.23. The molecule has 2 aliphatic rings. The number of sulfonamides is 1. The zero-order valence-electron chi connectivity index (χ0n) is 10.3. The molecule has 1 aliphatic heterocycles. The molecule has 2 heterocycles. The Labute approximate surface area is 115 Å². The molecule has 3 rings (SSSR count). The van der Waals surface area contributed by atoms with Crippen LogP contribution in [0, 0.1) is 11.8 Å². The van der Waals surface area contributed by atoms with Gasteiger partial charge in [0.1, 0.15) is 4.21 Å². The second kappa shape index (κ2) is 4.57. The Kier molecular flexibility index (Phi) is 3.15. The SMILES string of the molecule is O=C(O)c1csc(S(=O)(=O)N2CC3CCCC3C2)c1. The van der Waals surface area contributed by atoms with Crippen molar-refractivity contribution in [3.05, 3.63) is 17.0 Å². The van der Waals surface area contributed by atoms with Crippen LogP contribution in [0.15, 0.2) is 15.7 Å². The van der Waals surface area contributed by atoms with Crippen molar-refractivity contribution in [3.8, 4) is 0 Å². The smallest absolute Gasteiger partial charge is 0.336 e. The molecule has 104 valence electrons. The van der Waals surface area contributed by atoms with Gasteiger partial charge < -0.3 is 5.11 Å². The van der Waals surface area contributed by atoms with Crippen molar-refractivity contribution < 1.29 is 18.3 Å². The van der Waals surface area contributed by atoms with Crippen LogP contribution in [0.3, 0.4) is 0 Å². The summed E-state index contributed by atoms with van der Waals surface area (Å²) in [5.41, 5.74) is 0.0444. The van der Waals surface area contributed by atoms with E-state index >= 15 is 0 Å². The van der Waals surface area contributed by atoms with E-state index in [4.69, 9.17) is 5.11 Å². The van der Waals surface area contributed by atoms with Crippen molar-refractivity contribution in [1.29, 1.82) is 0 Å². The molecule has 5 nitrogen and oxygen atoms in total. The molecule has 19 heavy (non-hydrogen) atoms. The molecule has 7 heteroatoms. The van der Waals surface area contributed by atoms with E-state index < -0.39 is 16.0 Å². The van der Waals surface area contributed by atoms with Crippen LogP contribution in [0.2, 0.25) is 0 Å².